The van der Waals surface area contributed by atoms with Crippen molar-refractivity contribution in [2.45, 2.75) is 45.1 Å². The van der Waals surface area contributed by atoms with E-state index in [1.807, 2.05) is 0 Å². The smallest absolute Gasteiger partial charge is 0.216 e. The van der Waals surface area contributed by atoms with Crippen molar-refractivity contribution in [1.29, 1.82) is 5.26 Å². The van der Waals surface area contributed by atoms with Crippen LogP contribution in [0.5, 0.6) is 5.88 Å². The third-order valence-corrected chi connectivity index (χ3v) is 3.69. The van der Waals surface area contributed by atoms with E-state index >= 15 is 0 Å². The maximum atomic E-state index is 8.88. The molecule has 0 N–H and O–H groups in total. The molecule has 0 bridgehead atoms. The summed E-state index contributed by atoms with van der Waals surface area (Å²) in [5, 5.41) is 9.19. The summed E-state index contributed by atoms with van der Waals surface area (Å²) in [6.07, 6.45) is 6.05. The Hall–Kier alpha value is -1.27. The zero-order chi connectivity index (χ0) is 13.0. The Morgan fingerprint density at radius 2 is 2.33 bits per heavy atom. The number of rotatable bonds is 3. The van der Waals surface area contributed by atoms with Gasteiger partial charge in [0.05, 0.1) is 11.6 Å². The van der Waals surface area contributed by atoms with Crippen molar-refractivity contribution in [2.24, 2.45) is 5.92 Å². The molecule has 0 aliphatic heterocycles. The summed E-state index contributed by atoms with van der Waals surface area (Å²) in [5.74, 6) is 1.22. The highest BCUT2D eigenvalue weighted by atomic mass is 35.5. The average molecular weight is 265 g/mol. The molecule has 18 heavy (non-hydrogen) atoms. The van der Waals surface area contributed by atoms with Crippen molar-refractivity contribution in [2.75, 3.05) is 0 Å². The summed E-state index contributed by atoms with van der Waals surface area (Å²) in [5.41, 5.74) is 0.493. The first-order valence-electron chi connectivity index (χ1n) is 6.45. The number of nitrogens with zero attached hydrogens (tertiary/aromatic N) is 2. The van der Waals surface area contributed by atoms with E-state index in [9.17, 15) is 0 Å². The molecule has 1 heterocycles. The van der Waals surface area contributed by atoms with Gasteiger partial charge in [0, 0.05) is 6.07 Å². The van der Waals surface area contributed by atoms with Crippen molar-refractivity contribution in [3.8, 4) is 11.9 Å². The standard InChI is InChI=1S/C14H17ClN2O/c1-2-10-4-3-5-12(6-10)18-14-8-11(9-16)7-13(15)17-14/h7-8,10,12H,2-6H2,1H3. The minimum atomic E-state index is 0.209. The molecule has 4 heteroatoms. The van der Waals surface area contributed by atoms with Crippen LogP contribution >= 0.6 is 11.6 Å². The van der Waals surface area contributed by atoms with Gasteiger partial charge < -0.3 is 4.74 Å². The second-order valence-electron chi connectivity index (χ2n) is 4.81. The number of ether oxygens (including phenoxy) is 1. The van der Waals surface area contributed by atoms with Crippen molar-refractivity contribution in [3.05, 3.63) is 22.8 Å². The van der Waals surface area contributed by atoms with Crippen molar-refractivity contribution < 1.29 is 4.74 Å². The summed E-state index contributed by atoms with van der Waals surface area (Å²) in [6.45, 7) is 2.22. The van der Waals surface area contributed by atoms with E-state index in [1.165, 1.54) is 19.3 Å². The fraction of sp³-hybridized carbons (Fsp3) is 0.571. The minimum Gasteiger partial charge on any atom is -0.474 e. The van der Waals surface area contributed by atoms with Gasteiger partial charge in [0.25, 0.3) is 0 Å². The van der Waals surface area contributed by atoms with Gasteiger partial charge in [-0.05, 0) is 31.2 Å². The predicted molar refractivity (Wildman–Crippen MR) is 70.6 cm³/mol. The third kappa shape index (κ3) is 3.36. The number of pyridine rings is 1. The first kappa shape index (κ1) is 13.2. The molecule has 2 rings (SSSR count). The largest absolute Gasteiger partial charge is 0.474 e. The Kier molecular flexibility index (Phi) is 4.43. The van der Waals surface area contributed by atoms with E-state index in [-0.39, 0.29) is 6.10 Å². The molecule has 1 aliphatic carbocycles. The van der Waals surface area contributed by atoms with E-state index in [1.54, 1.807) is 12.1 Å². The number of hydrogen-bond donors (Lipinski definition) is 0. The van der Waals surface area contributed by atoms with E-state index in [2.05, 4.69) is 18.0 Å². The lowest BCUT2D eigenvalue weighted by molar-refractivity contribution is 0.117. The lowest BCUT2D eigenvalue weighted by Crippen LogP contribution is -2.25. The van der Waals surface area contributed by atoms with Gasteiger partial charge in [0.1, 0.15) is 11.3 Å². The van der Waals surface area contributed by atoms with Gasteiger partial charge in [-0.15, -0.1) is 0 Å². The molecular weight excluding hydrogens is 248 g/mol. The topological polar surface area (TPSA) is 45.9 Å². The maximum Gasteiger partial charge on any atom is 0.216 e. The van der Waals surface area contributed by atoms with Crippen LogP contribution in [0, 0.1) is 17.2 Å². The molecule has 0 saturated heterocycles. The molecule has 96 valence electrons. The predicted octanol–water partition coefficient (Wildman–Crippen LogP) is 3.95. The van der Waals surface area contributed by atoms with Crippen molar-refractivity contribution in [3.63, 3.8) is 0 Å². The van der Waals surface area contributed by atoms with Gasteiger partial charge in [-0.3, -0.25) is 0 Å². The maximum absolute atomic E-state index is 8.88. The molecule has 0 spiro atoms. The molecule has 1 aromatic heterocycles. The fourth-order valence-corrected chi connectivity index (χ4v) is 2.69. The van der Waals surface area contributed by atoms with Crippen LogP contribution in [0.3, 0.4) is 0 Å². The van der Waals surface area contributed by atoms with Crippen LogP contribution in [0.15, 0.2) is 12.1 Å². The monoisotopic (exact) mass is 264 g/mol. The van der Waals surface area contributed by atoms with Crippen LogP contribution < -0.4 is 4.74 Å². The molecule has 1 aliphatic rings. The molecule has 3 nitrogen and oxygen atoms in total. The fourth-order valence-electron chi connectivity index (χ4n) is 2.49. The Balaban J connectivity index is 2.05. The van der Waals surface area contributed by atoms with Crippen molar-refractivity contribution >= 4 is 11.6 Å². The lowest BCUT2D eigenvalue weighted by Gasteiger charge is -2.28. The molecule has 1 saturated carbocycles. The second-order valence-corrected chi connectivity index (χ2v) is 5.20. The molecule has 1 fully saturated rings. The second kappa shape index (κ2) is 6.06. The van der Waals surface area contributed by atoms with Gasteiger partial charge in [-0.25, -0.2) is 4.98 Å². The molecule has 2 unspecified atom stereocenters. The number of hydrogen-bond acceptors (Lipinski definition) is 3. The zero-order valence-corrected chi connectivity index (χ0v) is 11.3. The van der Waals surface area contributed by atoms with Gasteiger partial charge >= 0.3 is 0 Å². The SMILES string of the molecule is CCC1CCCC(Oc2cc(C#N)cc(Cl)n2)C1. The molecule has 0 radical (unpaired) electrons. The van der Waals surface area contributed by atoms with Gasteiger partial charge in [-0.2, -0.15) is 5.26 Å². The summed E-state index contributed by atoms with van der Waals surface area (Å²) in [4.78, 5) is 4.12. The molecule has 0 aromatic carbocycles. The van der Waals surface area contributed by atoms with E-state index in [0.29, 0.717) is 16.6 Å². The molecule has 0 amide bonds. The number of nitriles is 1. The van der Waals surface area contributed by atoms with E-state index in [0.717, 1.165) is 18.8 Å². The molecular formula is C14H17ClN2O. The summed E-state index contributed by atoms with van der Waals surface area (Å²) in [7, 11) is 0. The first-order valence-corrected chi connectivity index (χ1v) is 6.83. The van der Waals surface area contributed by atoms with E-state index < -0.39 is 0 Å². The van der Waals surface area contributed by atoms with Gasteiger partial charge in [-0.1, -0.05) is 31.4 Å². The van der Waals surface area contributed by atoms with Gasteiger partial charge in [0.2, 0.25) is 5.88 Å². The quantitative estimate of drug-likeness (QED) is 0.777. The third-order valence-electron chi connectivity index (χ3n) is 3.50. The summed E-state index contributed by atoms with van der Waals surface area (Å²) >= 11 is 5.86. The highest BCUT2D eigenvalue weighted by Gasteiger charge is 2.22. The number of aromatic nitrogens is 1. The minimum absolute atomic E-state index is 0.209. The van der Waals surface area contributed by atoms with Gasteiger partial charge in [0.15, 0.2) is 0 Å². The van der Waals surface area contributed by atoms with Crippen LogP contribution in [0.1, 0.15) is 44.6 Å². The first-order chi connectivity index (χ1) is 8.71. The van der Waals surface area contributed by atoms with Crippen LogP contribution in [-0.4, -0.2) is 11.1 Å². The normalized spacial score (nSPS) is 23.4. The van der Waals surface area contributed by atoms with Crippen LogP contribution in [0.4, 0.5) is 0 Å². The van der Waals surface area contributed by atoms with Crippen LogP contribution in [0.25, 0.3) is 0 Å². The zero-order valence-electron chi connectivity index (χ0n) is 10.5. The Bertz CT molecular complexity index is 456. The van der Waals surface area contributed by atoms with Crippen LogP contribution in [-0.2, 0) is 0 Å². The number of halogens is 1. The van der Waals surface area contributed by atoms with Crippen LogP contribution in [0.2, 0.25) is 5.15 Å². The Morgan fingerprint density at radius 3 is 3.06 bits per heavy atom. The lowest BCUT2D eigenvalue weighted by atomic mass is 9.85. The summed E-state index contributed by atoms with van der Waals surface area (Å²) in [6, 6.07) is 5.26. The van der Waals surface area contributed by atoms with E-state index in [4.69, 9.17) is 21.6 Å². The Morgan fingerprint density at radius 1 is 1.50 bits per heavy atom. The van der Waals surface area contributed by atoms with Crippen molar-refractivity contribution in [1.82, 2.24) is 4.98 Å². The summed E-state index contributed by atoms with van der Waals surface area (Å²) < 4.78 is 5.86. The average Bonchev–Trinajstić information content (AvgIpc) is 2.38. The molecule has 1 aromatic rings. The Labute approximate surface area is 113 Å². The highest BCUT2D eigenvalue weighted by molar-refractivity contribution is 6.29. The molecule has 2 atom stereocenters. The highest BCUT2D eigenvalue weighted by Crippen LogP contribution is 2.29.